The number of hydrogen-bond donors (Lipinski definition) is 1. The second kappa shape index (κ2) is 11.8. The van der Waals surface area contributed by atoms with Crippen LogP contribution in [0.5, 0.6) is 0 Å². The summed E-state index contributed by atoms with van der Waals surface area (Å²) in [5, 5.41) is 10.4. The normalized spacial score (nSPS) is 12.1. The van der Waals surface area contributed by atoms with Crippen LogP contribution in [0.25, 0.3) is 22.8 Å². The van der Waals surface area contributed by atoms with E-state index in [0.29, 0.717) is 18.0 Å². The van der Waals surface area contributed by atoms with E-state index < -0.39 is 19.9 Å². The van der Waals surface area contributed by atoms with Gasteiger partial charge in [0.25, 0.3) is 0 Å². The molecule has 4 aromatic heterocycles. The van der Waals surface area contributed by atoms with E-state index in [-0.39, 0.29) is 30.0 Å². The lowest BCUT2D eigenvalue weighted by Gasteiger charge is -2.21. The molecule has 1 N–H and O–H groups in total. The van der Waals surface area contributed by atoms with Gasteiger partial charge in [0.15, 0.2) is 0 Å². The summed E-state index contributed by atoms with van der Waals surface area (Å²) in [4.78, 5) is 19.9. The molecule has 0 bridgehead atoms. The largest absolute Gasteiger partial charge is 0.432 e. The number of rotatable bonds is 10. The van der Waals surface area contributed by atoms with Gasteiger partial charge in [0.05, 0.1) is 28.5 Å². The molecule has 0 spiro atoms. The molecule has 14 heteroatoms. The average molecular weight is 594 g/mol. The van der Waals surface area contributed by atoms with Crippen molar-refractivity contribution in [3.8, 4) is 22.8 Å². The summed E-state index contributed by atoms with van der Waals surface area (Å²) in [7, 11) is -1.23. The number of hydrogen-bond acceptors (Lipinski definition) is 8. The Bertz CT molecular complexity index is 1650. The van der Waals surface area contributed by atoms with Gasteiger partial charge in [-0.2, -0.15) is 23.4 Å². The predicted octanol–water partition coefficient (Wildman–Crippen LogP) is 6.63. The zero-order valence-corrected chi connectivity index (χ0v) is 24.6. The number of ether oxygens (including phenoxy) is 1. The van der Waals surface area contributed by atoms with Crippen LogP contribution in [-0.2, 0) is 17.6 Å². The molecular weight excluding hydrogens is 563 g/mol. The van der Waals surface area contributed by atoms with Crippen LogP contribution in [0.1, 0.15) is 11.4 Å². The Kier molecular flexibility index (Phi) is 8.18. The van der Waals surface area contributed by atoms with E-state index in [1.54, 1.807) is 21.8 Å². The lowest BCUT2D eigenvalue weighted by Crippen LogP contribution is -2.22. The molecule has 0 saturated carbocycles. The molecule has 10 nitrogen and oxygen atoms in total. The zero-order valence-electron chi connectivity index (χ0n) is 23.6. The quantitative estimate of drug-likeness (QED) is 0.142. The predicted molar refractivity (Wildman–Crippen MR) is 155 cm³/mol. The Hall–Kier alpha value is -4.43. The average Bonchev–Trinajstić information content (AvgIpc) is 3.59. The number of aromatic nitrogens is 8. The number of benzene rings is 1. The van der Waals surface area contributed by atoms with E-state index in [4.69, 9.17) is 9.72 Å². The summed E-state index contributed by atoms with van der Waals surface area (Å²) < 4.78 is 47.2. The molecule has 1 aromatic carbocycles. The summed E-state index contributed by atoms with van der Waals surface area (Å²) in [6.07, 6.45) is -1.48. The van der Waals surface area contributed by atoms with Crippen molar-refractivity contribution in [3.63, 3.8) is 0 Å². The number of H-pyrrole nitrogens is 1. The number of aromatic amines is 1. The number of halogens is 3. The van der Waals surface area contributed by atoms with Gasteiger partial charge in [-0.3, -0.25) is 5.10 Å². The van der Waals surface area contributed by atoms with Crippen molar-refractivity contribution in [3.05, 3.63) is 78.4 Å². The second-order valence-corrected chi connectivity index (χ2v) is 16.5. The second-order valence-electron chi connectivity index (χ2n) is 10.8. The van der Waals surface area contributed by atoms with Crippen molar-refractivity contribution in [1.29, 1.82) is 0 Å². The Balaban J connectivity index is 1.50. The number of para-hydroxylation sites is 1. The lowest BCUT2D eigenvalue weighted by molar-refractivity contribution is -0.141. The minimum Gasteiger partial charge on any atom is -0.360 e. The molecule has 5 rings (SSSR count). The summed E-state index contributed by atoms with van der Waals surface area (Å²) in [6.45, 7) is 9.74. The van der Waals surface area contributed by atoms with Crippen LogP contribution in [0.2, 0.25) is 25.7 Å². The van der Waals surface area contributed by atoms with Gasteiger partial charge in [0.2, 0.25) is 11.9 Å². The van der Waals surface area contributed by atoms with Crippen LogP contribution in [0.4, 0.5) is 30.8 Å². The monoisotopic (exact) mass is 593 g/mol. The van der Waals surface area contributed by atoms with Crippen LogP contribution in [0, 0.1) is 6.92 Å². The van der Waals surface area contributed by atoms with Crippen molar-refractivity contribution < 1.29 is 17.9 Å². The summed E-state index contributed by atoms with van der Waals surface area (Å²) in [5.74, 6) is 0.422. The Morgan fingerprint density at radius 1 is 0.905 bits per heavy atom. The summed E-state index contributed by atoms with van der Waals surface area (Å²) in [5.41, 5.74) is 2.09. The summed E-state index contributed by atoms with van der Waals surface area (Å²) in [6, 6.07) is 16.4. The minimum absolute atomic E-state index is 0.0298. The topological polar surface area (TPSA) is 111 Å². The highest BCUT2D eigenvalue weighted by atomic mass is 28.3. The van der Waals surface area contributed by atoms with Gasteiger partial charge in [-0.05, 0) is 49.4 Å². The number of nitrogens with one attached hydrogen (secondary N) is 1. The van der Waals surface area contributed by atoms with Crippen molar-refractivity contribution >= 4 is 25.7 Å². The smallest absolute Gasteiger partial charge is 0.360 e. The molecule has 5 aromatic rings. The molecule has 218 valence electrons. The maximum Gasteiger partial charge on any atom is 0.432 e. The third-order valence-corrected chi connectivity index (χ3v) is 7.92. The van der Waals surface area contributed by atoms with Crippen molar-refractivity contribution in [2.75, 3.05) is 11.5 Å². The number of alkyl halides is 3. The molecule has 4 heterocycles. The highest BCUT2D eigenvalue weighted by molar-refractivity contribution is 6.76. The van der Waals surface area contributed by atoms with E-state index >= 15 is 0 Å². The van der Waals surface area contributed by atoms with Gasteiger partial charge < -0.3 is 4.74 Å². The summed E-state index contributed by atoms with van der Waals surface area (Å²) >= 11 is 0. The number of nitrogens with zero attached hydrogens (tertiary/aromatic N) is 8. The molecule has 0 fully saturated rings. The first kappa shape index (κ1) is 29.1. The fraction of sp³-hybridized carbons (Fsp3) is 0.286. The SMILES string of the molecule is Cc1cc(-c2ccnc(N(c3ccccc3)c3nccc(-c4cc(C(F)(F)F)[nH]n4)n3)n2)n(COCC[Si](C)(C)C)n1. The van der Waals surface area contributed by atoms with E-state index in [0.717, 1.165) is 23.5 Å². The third-order valence-electron chi connectivity index (χ3n) is 6.22. The highest BCUT2D eigenvalue weighted by Gasteiger charge is 2.33. The fourth-order valence-corrected chi connectivity index (χ4v) is 4.83. The van der Waals surface area contributed by atoms with Crippen molar-refractivity contribution in [2.45, 2.75) is 45.5 Å². The molecule has 0 aliphatic heterocycles. The first-order chi connectivity index (χ1) is 20.0. The molecule has 0 atom stereocenters. The highest BCUT2D eigenvalue weighted by Crippen LogP contribution is 2.33. The molecule has 0 saturated heterocycles. The van der Waals surface area contributed by atoms with E-state index in [9.17, 15) is 13.2 Å². The van der Waals surface area contributed by atoms with E-state index in [1.165, 1.54) is 12.3 Å². The molecule has 0 aliphatic carbocycles. The fourth-order valence-electron chi connectivity index (χ4n) is 4.07. The van der Waals surface area contributed by atoms with Crippen LogP contribution in [0.15, 0.2) is 67.0 Å². The van der Waals surface area contributed by atoms with Crippen LogP contribution < -0.4 is 4.90 Å². The van der Waals surface area contributed by atoms with E-state index in [2.05, 4.69) is 44.8 Å². The first-order valence-electron chi connectivity index (χ1n) is 13.2. The Morgan fingerprint density at radius 3 is 2.21 bits per heavy atom. The van der Waals surface area contributed by atoms with Crippen LogP contribution in [0.3, 0.4) is 0 Å². The van der Waals surface area contributed by atoms with Gasteiger partial charge in [-0.1, -0.05) is 37.8 Å². The van der Waals surface area contributed by atoms with Crippen LogP contribution in [-0.4, -0.2) is 54.6 Å². The first-order valence-corrected chi connectivity index (χ1v) is 17.0. The van der Waals surface area contributed by atoms with E-state index in [1.807, 2.05) is 48.4 Å². The Morgan fingerprint density at radius 2 is 1.57 bits per heavy atom. The van der Waals surface area contributed by atoms with Gasteiger partial charge in [0.1, 0.15) is 18.1 Å². The molecule has 42 heavy (non-hydrogen) atoms. The molecule has 0 unspecified atom stereocenters. The third kappa shape index (κ3) is 6.88. The lowest BCUT2D eigenvalue weighted by atomic mass is 10.2. The van der Waals surface area contributed by atoms with Gasteiger partial charge in [-0.15, -0.1) is 0 Å². The Labute approximate surface area is 241 Å². The van der Waals surface area contributed by atoms with Gasteiger partial charge >= 0.3 is 6.18 Å². The van der Waals surface area contributed by atoms with Gasteiger partial charge in [0, 0.05) is 27.1 Å². The zero-order chi connectivity index (χ0) is 29.9. The minimum atomic E-state index is -4.56. The van der Waals surface area contributed by atoms with Gasteiger partial charge in [-0.25, -0.2) is 29.5 Å². The molecule has 0 radical (unpaired) electrons. The number of aryl methyl sites for hydroxylation is 1. The number of anilines is 3. The molecule has 0 amide bonds. The maximum absolute atomic E-state index is 13.2. The molecular formula is C28H30F3N9OSi. The van der Waals surface area contributed by atoms with Crippen molar-refractivity contribution in [1.82, 2.24) is 39.9 Å². The standard InChI is InChI=1S/C28H30F3N9OSi/c1-19-16-24(39(38-19)18-41-14-15-42(2,3)4)22-11-13-33-27(35-22)40(20-8-6-5-7-9-20)26-32-12-10-21(34-26)23-17-25(37-36-23)28(29,30)31/h5-13,16-17H,14-15,18H2,1-4H3,(H,36,37). The van der Waals surface area contributed by atoms with Crippen LogP contribution >= 0.6 is 0 Å². The van der Waals surface area contributed by atoms with Crippen molar-refractivity contribution in [2.24, 2.45) is 0 Å². The molecule has 0 aliphatic rings. The maximum atomic E-state index is 13.2.